The largest absolute Gasteiger partial charge is 0.497 e. The van der Waals surface area contributed by atoms with Gasteiger partial charge in [0.1, 0.15) is 17.6 Å². The molecule has 0 radical (unpaired) electrons. The van der Waals surface area contributed by atoms with Crippen LogP contribution < -0.4 is 19.1 Å². The third-order valence-electron chi connectivity index (χ3n) is 9.98. The predicted octanol–water partition coefficient (Wildman–Crippen LogP) is 2.14. The first-order valence-corrected chi connectivity index (χ1v) is 18.1. The zero-order chi connectivity index (χ0) is 36.0. The molecule has 7 rings (SSSR count). The Morgan fingerprint density at radius 2 is 1.76 bits per heavy atom. The standard InChI is InChI=1S/C35H38FN7O7S/c1-3-50-31-27(5-4-10-38-31)35(39-33(45)42-22-34(23-42)20-41(21-34)12-11-40-13-15-49-16-14-40)28-17-24(19-37)29(36)18-30(28)43(32(35)44)51(46,47)26-8-6-25(48-2)7-9-26/h4-10,17-18H,3,11-16,20-23H2,1-2H3,(H,39,45). The molecule has 1 aromatic heterocycles. The number of halogens is 1. The van der Waals surface area contributed by atoms with Gasteiger partial charge in [-0.15, -0.1) is 0 Å². The van der Waals surface area contributed by atoms with E-state index in [-0.39, 0.29) is 39.6 Å². The molecule has 3 aromatic rings. The number of pyridine rings is 1. The molecular weight excluding hydrogens is 681 g/mol. The molecule has 0 aliphatic carbocycles. The van der Waals surface area contributed by atoms with Gasteiger partial charge in [-0.25, -0.2) is 22.6 Å². The number of amides is 3. The van der Waals surface area contributed by atoms with Crippen molar-refractivity contribution in [3.8, 4) is 17.7 Å². The first-order chi connectivity index (χ1) is 24.5. The lowest BCUT2D eigenvalue weighted by Gasteiger charge is -2.60. The highest BCUT2D eigenvalue weighted by Gasteiger charge is 2.61. The Morgan fingerprint density at radius 3 is 2.43 bits per heavy atom. The first-order valence-electron chi connectivity index (χ1n) is 16.7. The number of carbonyl (C=O) groups is 2. The highest BCUT2D eigenvalue weighted by Crippen LogP contribution is 2.50. The predicted molar refractivity (Wildman–Crippen MR) is 181 cm³/mol. The molecule has 268 valence electrons. The number of methoxy groups -OCH3 is 1. The van der Waals surface area contributed by atoms with Gasteiger partial charge < -0.3 is 29.3 Å². The van der Waals surface area contributed by atoms with E-state index >= 15 is 4.39 Å². The summed E-state index contributed by atoms with van der Waals surface area (Å²) in [4.78, 5) is 39.5. The molecule has 14 nitrogen and oxygen atoms in total. The van der Waals surface area contributed by atoms with E-state index in [9.17, 15) is 23.3 Å². The van der Waals surface area contributed by atoms with Gasteiger partial charge >= 0.3 is 6.03 Å². The number of ether oxygens (including phenoxy) is 3. The lowest BCUT2D eigenvalue weighted by Crippen LogP contribution is -2.74. The fraction of sp³-hybridized carbons (Fsp3) is 0.429. The monoisotopic (exact) mass is 719 g/mol. The maximum atomic E-state index is 15.4. The van der Waals surface area contributed by atoms with Gasteiger partial charge in [0.15, 0.2) is 5.54 Å². The Kier molecular flexibility index (Phi) is 9.08. The van der Waals surface area contributed by atoms with Crippen LogP contribution in [0.1, 0.15) is 23.6 Å². The van der Waals surface area contributed by atoms with Crippen molar-refractivity contribution in [2.45, 2.75) is 17.4 Å². The van der Waals surface area contributed by atoms with E-state index in [0.29, 0.717) is 23.1 Å². The van der Waals surface area contributed by atoms with Crippen molar-refractivity contribution in [1.82, 2.24) is 25.0 Å². The van der Waals surface area contributed by atoms with Gasteiger partial charge in [0, 0.05) is 75.6 Å². The lowest BCUT2D eigenvalue weighted by molar-refractivity contribution is -0.122. The van der Waals surface area contributed by atoms with E-state index < -0.39 is 38.9 Å². The molecule has 1 unspecified atom stereocenters. The second kappa shape index (κ2) is 13.4. The molecule has 0 saturated carbocycles. The number of sulfonamides is 1. The van der Waals surface area contributed by atoms with Gasteiger partial charge in [0.05, 0.1) is 48.6 Å². The number of nitriles is 1. The molecule has 4 aliphatic rings. The number of nitrogens with zero attached hydrogens (tertiary/aromatic N) is 6. The van der Waals surface area contributed by atoms with E-state index in [2.05, 4.69) is 20.1 Å². The molecule has 2 aromatic carbocycles. The number of nitrogens with one attached hydrogen (secondary N) is 1. The van der Waals surface area contributed by atoms with Crippen LogP contribution in [-0.2, 0) is 25.1 Å². The van der Waals surface area contributed by atoms with Crippen molar-refractivity contribution in [3.63, 3.8) is 0 Å². The van der Waals surface area contributed by atoms with Crippen LogP contribution in [0.25, 0.3) is 0 Å². The van der Waals surface area contributed by atoms with Gasteiger partial charge in [-0.3, -0.25) is 9.69 Å². The summed E-state index contributed by atoms with van der Waals surface area (Å²) < 4.78 is 60.8. The number of hydrogen-bond acceptors (Lipinski definition) is 11. The number of carbonyl (C=O) groups excluding carboxylic acids is 2. The summed E-state index contributed by atoms with van der Waals surface area (Å²) in [6.45, 7) is 9.52. The number of urea groups is 1. The topological polar surface area (TPSA) is 158 Å². The van der Waals surface area contributed by atoms with E-state index in [1.807, 2.05) is 0 Å². The number of benzene rings is 2. The quantitative estimate of drug-likeness (QED) is 0.328. The van der Waals surface area contributed by atoms with Crippen molar-refractivity contribution < 1.29 is 36.6 Å². The van der Waals surface area contributed by atoms with E-state index in [0.717, 1.165) is 64.6 Å². The van der Waals surface area contributed by atoms with Crippen LogP contribution >= 0.6 is 0 Å². The SMILES string of the molecule is CCOc1ncccc1C1(NC(=O)N2CC3(CN(CCN4CCOCC4)C3)C2)C(=O)N(S(=O)(=O)c2ccc(OC)cc2)c2cc(F)c(C#N)cc21. The van der Waals surface area contributed by atoms with Crippen LogP contribution in [0, 0.1) is 22.6 Å². The van der Waals surface area contributed by atoms with Gasteiger partial charge in [-0.05, 0) is 49.4 Å². The summed E-state index contributed by atoms with van der Waals surface area (Å²) in [6.07, 6.45) is 1.43. The smallest absolute Gasteiger partial charge is 0.318 e. The number of morpholine rings is 1. The normalized spacial score (nSPS) is 21.4. The molecular formula is C35H38FN7O7S. The maximum Gasteiger partial charge on any atom is 0.318 e. The Bertz CT molecular complexity index is 1990. The molecule has 5 heterocycles. The Hall–Kier alpha value is -4.82. The van der Waals surface area contributed by atoms with E-state index in [1.54, 1.807) is 17.9 Å². The molecule has 1 atom stereocenters. The van der Waals surface area contributed by atoms with E-state index in [4.69, 9.17) is 14.2 Å². The minimum atomic E-state index is -4.71. The van der Waals surface area contributed by atoms with E-state index in [1.165, 1.54) is 49.7 Å². The summed E-state index contributed by atoms with van der Waals surface area (Å²) in [5, 5.41) is 12.7. The van der Waals surface area contributed by atoms with Gasteiger partial charge in [0.25, 0.3) is 15.9 Å². The number of hydrogen-bond donors (Lipinski definition) is 1. The average molecular weight is 720 g/mol. The fourth-order valence-corrected chi connectivity index (χ4v) is 8.93. The minimum Gasteiger partial charge on any atom is -0.497 e. The summed E-state index contributed by atoms with van der Waals surface area (Å²) in [7, 11) is -3.29. The van der Waals surface area contributed by atoms with Crippen molar-refractivity contribution in [2.75, 3.05) is 83.6 Å². The van der Waals surface area contributed by atoms with Crippen LogP contribution in [0.3, 0.4) is 0 Å². The van der Waals surface area contributed by atoms with Crippen LogP contribution in [0.2, 0.25) is 0 Å². The van der Waals surface area contributed by atoms with Crippen molar-refractivity contribution in [2.24, 2.45) is 5.41 Å². The second-order valence-electron chi connectivity index (χ2n) is 13.2. The summed E-state index contributed by atoms with van der Waals surface area (Å²) in [5.41, 5.74) is -3.23. The Labute approximate surface area is 295 Å². The second-order valence-corrected chi connectivity index (χ2v) is 15.0. The Balaban J connectivity index is 1.23. The number of aromatic nitrogens is 1. The lowest BCUT2D eigenvalue weighted by atomic mass is 9.73. The molecule has 51 heavy (non-hydrogen) atoms. The van der Waals surface area contributed by atoms with Crippen LogP contribution in [0.5, 0.6) is 11.6 Å². The molecule has 3 fully saturated rings. The number of anilines is 1. The minimum absolute atomic E-state index is 0.0301. The summed E-state index contributed by atoms with van der Waals surface area (Å²) in [6, 6.07) is 11.4. The van der Waals surface area contributed by atoms with Crippen molar-refractivity contribution in [3.05, 3.63) is 77.2 Å². The Morgan fingerprint density at radius 1 is 1.06 bits per heavy atom. The van der Waals surface area contributed by atoms with Gasteiger partial charge in [0.2, 0.25) is 5.88 Å². The summed E-state index contributed by atoms with van der Waals surface area (Å²) >= 11 is 0. The third kappa shape index (κ3) is 5.93. The number of fused-ring (bicyclic) bond motifs is 1. The average Bonchev–Trinajstić information content (AvgIpc) is 3.34. The maximum absolute atomic E-state index is 15.4. The molecule has 3 amide bonds. The zero-order valence-electron chi connectivity index (χ0n) is 28.3. The highest BCUT2D eigenvalue weighted by atomic mass is 32.2. The van der Waals surface area contributed by atoms with Crippen LogP contribution in [0.15, 0.2) is 59.6 Å². The van der Waals surface area contributed by atoms with Gasteiger partial charge in [-0.1, -0.05) is 0 Å². The molecule has 4 aliphatic heterocycles. The van der Waals surface area contributed by atoms with Gasteiger partial charge in [-0.2, -0.15) is 9.57 Å². The van der Waals surface area contributed by atoms with Crippen LogP contribution in [0.4, 0.5) is 14.9 Å². The zero-order valence-corrected chi connectivity index (χ0v) is 29.1. The van der Waals surface area contributed by atoms with Crippen molar-refractivity contribution >= 4 is 27.6 Å². The highest BCUT2D eigenvalue weighted by molar-refractivity contribution is 7.93. The fourth-order valence-electron chi connectivity index (χ4n) is 7.48. The summed E-state index contributed by atoms with van der Waals surface area (Å²) in [5.74, 6) is -1.81. The molecule has 3 saturated heterocycles. The third-order valence-corrected chi connectivity index (χ3v) is 11.7. The number of likely N-dealkylation sites (tertiary alicyclic amines) is 2. The van der Waals surface area contributed by atoms with Crippen molar-refractivity contribution in [1.29, 1.82) is 5.26 Å². The number of rotatable bonds is 10. The first kappa shape index (κ1) is 34.6. The van der Waals surface area contributed by atoms with Crippen LogP contribution in [-0.4, -0.2) is 119 Å². The molecule has 0 bridgehead atoms. The molecule has 1 spiro atoms. The molecule has 1 N–H and O–H groups in total. The molecule has 16 heteroatoms.